The average molecular weight is 343 g/mol. The van der Waals surface area contributed by atoms with E-state index in [9.17, 15) is 9.90 Å². The number of aliphatic hydroxyl groups is 1. The number of ether oxygens (including phenoxy) is 2. The second-order valence-electron chi connectivity index (χ2n) is 5.81. The second kappa shape index (κ2) is 9.81. The van der Waals surface area contributed by atoms with Gasteiger partial charge in [0.25, 0.3) is 0 Å². The molecule has 0 spiro atoms. The third-order valence-corrected chi connectivity index (χ3v) is 3.88. The van der Waals surface area contributed by atoms with Gasteiger partial charge in [-0.15, -0.1) is 0 Å². The van der Waals surface area contributed by atoms with Crippen LogP contribution in [0.15, 0.2) is 54.6 Å². The SMILES string of the molecule is COC(=O)[C@H](C)Oc1ccc(CCNC[C@H](O)c2ccccc2)cc1. The minimum Gasteiger partial charge on any atom is -0.479 e. The van der Waals surface area contributed by atoms with Crippen molar-refractivity contribution in [1.82, 2.24) is 5.32 Å². The van der Waals surface area contributed by atoms with Gasteiger partial charge in [-0.2, -0.15) is 0 Å². The van der Waals surface area contributed by atoms with Gasteiger partial charge in [-0.05, 0) is 43.1 Å². The molecule has 2 N–H and O–H groups in total. The molecule has 134 valence electrons. The Morgan fingerprint density at radius 2 is 1.80 bits per heavy atom. The minimum atomic E-state index is -0.628. The first-order valence-electron chi connectivity index (χ1n) is 8.37. The molecule has 2 aromatic rings. The molecule has 0 saturated heterocycles. The first kappa shape index (κ1) is 19.0. The second-order valence-corrected chi connectivity index (χ2v) is 5.81. The molecule has 0 amide bonds. The van der Waals surface area contributed by atoms with Crippen LogP contribution in [0.4, 0.5) is 0 Å². The fourth-order valence-electron chi connectivity index (χ4n) is 2.42. The van der Waals surface area contributed by atoms with E-state index >= 15 is 0 Å². The lowest BCUT2D eigenvalue weighted by molar-refractivity contribution is -0.147. The van der Waals surface area contributed by atoms with Gasteiger partial charge in [0.15, 0.2) is 6.10 Å². The van der Waals surface area contributed by atoms with E-state index in [0.29, 0.717) is 12.3 Å². The van der Waals surface area contributed by atoms with Crippen molar-refractivity contribution < 1.29 is 19.4 Å². The zero-order valence-electron chi connectivity index (χ0n) is 14.6. The van der Waals surface area contributed by atoms with E-state index in [2.05, 4.69) is 10.1 Å². The van der Waals surface area contributed by atoms with Crippen molar-refractivity contribution in [3.05, 3.63) is 65.7 Å². The van der Waals surface area contributed by atoms with Gasteiger partial charge >= 0.3 is 5.97 Å². The summed E-state index contributed by atoms with van der Waals surface area (Å²) in [7, 11) is 1.34. The number of hydrogen-bond acceptors (Lipinski definition) is 5. The third kappa shape index (κ3) is 6.21. The summed E-state index contributed by atoms with van der Waals surface area (Å²) >= 11 is 0. The molecule has 0 aliphatic heterocycles. The highest BCUT2D eigenvalue weighted by Gasteiger charge is 2.14. The zero-order valence-corrected chi connectivity index (χ0v) is 14.6. The van der Waals surface area contributed by atoms with Crippen LogP contribution in [0.3, 0.4) is 0 Å². The first-order valence-corrected chi connectivity index (χ1v) is 8.37. The van der Waals surface area contributed by atoms with Crippen molar-refractivity contribution in [2.24, 2.45) is 0 Å². The molecule has 0 unspecified atom stereocenters. The maximum absolute atomic E-state index is 11.3. The smallest absolute Gasteiger partial charge is 0.346 e. The first-order chi connectivity index (χ1) is 12.1. The van der Waals surface area contributed by atoms with E-state index in [1.807, 2.05) is 54.6 Å². The van der Waals surface area contributed by atoms with Gasteiger partial charge in [0.05, 0.1) is 13.2 Å². The van der Waals surface area contributed by atoms with Crippen LogP contribution in [-0.2, 0) is 16.0 Å². The lowest BCUT2D eigenvalue weighted by Crippen LogP contribution is -2.25. The van der Waals surface area contributed by atoms with Crippen molar-refractivity contribution in [2.45, 2.75) is 25.6 Å². The average Bonchev–Trinajstić information content (AvgIpc) is 2.66. The molecular weight excluding hydrogens is 318 g/mol. The predicted octanol–water partition coefficient (Wildman–Crippen LogP) is 2.49. The standard InChI is InChI=1S/C20H25NO4/c1-15(20(23)24-2)25-18-10-8-16(9-11-18)12-13-21-14-19(22)17-6-4-3-5-7-17/h3-11,15,19,21-22H,12-14H2,1-2H3/t15-,19-/m0/s1. The fraction of sp³-hybridized carbons (Fsp3) is 0.350. The molecule has 0 saturated carbocycles. The van der Waals surface area contributed by atoms with E-state index in [-0.39, 0.29) is 0 Å². The molecule has 2 rings (SSSR count). The highest BCUT2D eigenvalue weighted by atomic mass is 16.6. The molecule has 5 nitrogen and oxygen atoms in total. The van der Waals surface area contributed by atoms with Crippen LogP contribution in [0.1, 0.15) is 24.2 Å². The zero-order chi connectivity index (χ0) is 18.1. The lowest BCUT2D eigenvalue weighted by atomic mass is 10.1. The Bertz CT molecular complexity index is 643. The number of carbonyl (C=O) groups excluding carboxylic acids is 1. The van der Waals surface area contributed by atoms with Crippen molar-refractivity contribution in [1.29, 1.82) is 0 Å². The van der Waals surface area contributed by atoms with Crippen LogP contribution in [0.5, 0.6) is 5.75 Å². The van der Waals surface area contributed by atoms with Crippen LogP contribution in [-0.4, -0.2) is 37.4 Å². The number of carbonyl (C=O) groups is 1. The largest absolute Gasteiger partial charge is 0.479 e. The Balaban J connectivity index is 1.72. The van der Waals surface area contributed by atoms with Gasteiger partial charge in [-0.1, -0.05) is 42.5 Å². The molecule has 0 bridgehead atoms. The maximum atomic E-state index is 11.3. The summed E-state index contributed by atoms with van der Waals surface area (Å²) in [5.41, 5.74) is 2.07. The summed E-state index contributed by atoms with van der Waals surface area (Å²) in [5, 5.41) is 13.3. The molecule has 5 heteroatoms. The van der Waals surface area contributed by atoms with Gasteiger partial charge in [0.1, 0.15) is 5.75 Å². The molecule has 0 aromatic heterocycles. The maximum Gasteiger partial charge on any atom is 0.346 e. The van der Waals surface area contributed by atoms with Crippen LogP contribution < -0.4 is 10.1 Å². The van der Waals surface area contributed by atoms with E-state index in [1.165, 1.54) is 7.11 Å². The Hall–Kier alpha value is -2.37. The van der Waals surface area contributed by atoms with Crippen molar-refractivity contribution in [3.8, 4) is 5.75 Å². The molecule has 2 atom stereocenters. The van der Waals surface area contributed by atoms with E-state index < -0.39 is 18.2 Å². The van der Waals surface area contributed by atoms with E-state index in [0.717, 1.165) is 24.1 Å². The number of esters is 1. The van der Waals surface area contributed by atoms with Gasteiger partial charge in [-0.25, -0.2) is 4.79 Å². The Labute approximate surface area is 148 Å². The van der Waals surface area contributed by atoms with Crippen LogP contribution in [0.25, 0.3) is 0 Å². The van der Waals surface area contributed by atoms with Crippen molar-refractivity contribution in [2.75, 3.05) is 20.2 Å². The van der Waals surface area contributed by atoms with Crippen molar-refractivity contribution >= 4 is 5.97 Å². The quantitative estimate of drug-likeness (QED) is 0.541. The summed E-state index contributed by atoms with van der Waals surface area (Å²) in [6.45, 7) is 2.94. The van der Waals surface area contributed by atoms with Crippen LogP contribution in [0.2, 0.25) is 0 Å². The highest BCUT2D eigenvalue weighted by Crippen LogP contribution is 2.15. The summed E-state index contributed by atoms with van der Waals surface area (Å²) in [5.74, 6) is 0.236. The number of rotatable bonds is 9. The molecule has 0 aliphatic rings. The van der Waals surface area contributed by atoms with Crippen molar-refractivity contribution in [3.63, 3.8) is 0 Å². The molecular formula is C20H25NO4. The molecule has 0 fully saturated rings. The fourth-order valence-corrected chi connectivity index (χ4v) is 2.42. The van der Waals surface area contributed by atoms with Crippen LogP contribution in [0, 0.1) is 0 Å². The summed E-state index contributed by atoms with van der Waals surface area (Å²) in [6.07, 6.45) is -0.289. The topological polar surface area (TPSA) is 67.8 Å². The summed E-state index contributed by atoms with van der Waals surface area (Å²) in [6, 6.07) is 17.2. The normalized spacial score (nSPS) is 13.1. The van der Waals surface area contributed by atoms with Gasteiger partial charge in [-0.3, -0.25) is 0 Å². The van der Waals surface area contributed by atoms with E-state index in [4.69, 9.17) is 4.74 Å². The molecule has 0 radical (unpaired) electrons. The summed E-state index contributed by atoms with van der Waals surface area (Å²) in [4.78, 5) is 11.3. The van der Waals surface area contributed by atoms with Gasteiger partial charge in [0, 0.05) is 6.54 Å². The van der Waals surface area contributed by atoms with Gasteiger partial charge in [0.2, 0.25) is 0 Å². The highest BCUT2D eigenvalue weighted by molar-refractivity contribution is 5.74. The Morgan fingerprint density at radius 1 is 1.12 bits per heavy atom. The predicted molar refractivity (Wildman–Crippen MR) is 96.5 cm³/mol. The molecule has 0 aliphatic carbocycles. The van der Waals surface area contributed by atoms with Gasteiger partial charge < -0.3 is 19.9 Å². The van der Waals surface area contributed by atoms with E-state index in [1.54, 1.807) is 6.92 Å². The Kier molecular flexibility index (Phi) is 7.44. The Morgan fingerprint density at radius 3 is 2.44 bits per heavy atom. The number of benzene rings is 2. The number of methoxy groups -OCH3 is 1. The lowest BCUT2D eigenvalue weighted by Gasteiger charge is -2.13. The summed E-state index contributed by atoms with van der Waals surface area (Å²) < 4.78 is 10.1. The number of nitrogens with one attached hydrogen (secondary N) is 1. The molecule has 2 aromatic carbocycles. The molecule has 25 heavy (non-hydrogen) atoms. The monoisotopic (exact) mass is 343 g/mol. The van der Waals surface area contributed by atoms with Crippen LogP contribution >= 0.6 is 0 Å². The molecule has 0 heterocycles. The number of aliphatic hydroxyl groups excluding tert-OH is 1. The third-order valence-electron chi connectivity index (χ3n) is 3.88. The number of hydrogen-bond donors (Lipinski definition) is 2. The minimum absolute atomic E-state index is 0.398.